The monoisotopic (exact) mass is 302 g/mol. The van der Waals surface area contributed by atoms with Gasteiger partial charge >= 0.3 is 0 Å². The third kappa shape index (κ3) is 6.03. The number of hydrogen-bond acceptors (Lipinski definition) is 4. The Hall–Kier alpha value is -1.13. The van der Waals surface area contributed by atoms with Gasteiger partial charge in [0.1, 0.15) is 0 Å². The molecule has 0 aliphatic heterocycles. The van der Waals surface area contributed by atoms with Crippen molar-refractivity contribution < 1.29 is 13.5 Å². The first kappa shape index (κ1) is 15.9. The van der Waals surface area contributed by atoms with Gasteiger partial charge in [0.15, 0.2) is 0 Å². The van der Waals surface area contributed by atoms with E-state index in [4.69, 9.17) is 16.9 Å². The van der Waals surface area contributed by atoms with Crippen molar-refractivity contribution in [2.75, 3.05) is 12.3 Å². The zero-order valence-corrected chi connectivity index (χ0v) is 11.8. The third-order valence-corrected chi connectivity index (χ3v) is 4.14. The molecule has 0 aliphatic rings. The molecule has 19 heavy (non-hydrogen) atoms. The first-order valence-electron chi connectivity index (χ1n) is 5.72. The number of nitrogens with one attached hydrogen (secondary N) is 1. The summed E-state index contributed by atoms with van der Waals surface area (Å²) in [6.45, 7) is -0.101. The van der Waals surface area contributed by atoms with Crippen LogP contribution in [-0.4, -0.2) is 25.8 Å². The largest absolute Gasteiger partial charge is 0.387 e. The number of nitrogens with zero attached hydrogens (tertiary/aromatic N) is 1. The Labute approximate surface area is 117 Å². The molecule has 0 heterocycles. The van der Waals surface area contributed by atoms with Crippen LogP contribution in [0.3, 0.4) is 0 Å². The number of hydrogen-bond donors (Lipinski definition) is 2. The van der Waals surface area contributed by atoms with Crippen LogP contribution in [0.15, 0.2) is 24.3 Å². The summed E-state index contributed by atoms with van der Waals surface area (Å²) in [5.41, 5.74) is 0.587. The zero-order chi connectivity index (χ0) is 14.3. The molecule has 1 rings (SSSR count). The van der Waals surface area contributed by atoms with Gasteiger partial charge in [0.05, 0.1) is 17.9 Å². The van der Waals surface area contributed by atoms with Crippen molar-refractivity contribution in [2.24, 2.45) is 0 Å². The molecule has 0 amide bonds. The molecule has 0 saturated carbocycles. The number of aliphatic hydroxyl groups is 1. The van der Waals surface area contributed by atoms with Gasteiger partial charge in [-0.2, -0.15) is 5.26 Å². The SMILES string of the molecule is N#CCCCS(=O)(=O)NCC(O)c1ccc(Cl)cc1. The van der Waals surface area contributed by atoms with Crippen molar-refractivity contribution in [2.45, 2.75) is 18.9 Å². The van der Waals surface area contributed by atoms with E-state index in [1.54, 1.807) is 24.3 Å². The summed E-state index contributed by atoms with van der Waals surface area (Å²) in [7, 11) is -3.45. The Bertz CT molecular complexity index is 537. The molecule has 0 bridgehead atoms. The molecule has 0 spiro atoms. The third-order valence-electron chi connectivity index (χ3n) is 2.45. The van der Waals surface area contributed by atoms with Gasteiger partial charge in [-0.3, -0.25) is 0 Å². The second kappa shape index (κ2) is 7.46. The Balaban J connectivity index is 2.47. The number of unbranched alkanes of at least 4 members (excludes halogenated alkanes) is 1. The van der Waals surface area contributed by atoms with Crippen molar-refractivity contribution >= 4 is 21.6 Å². The minimum Gasteiger partial charge on any atom is -0.387 e. The number of nitriles is 1. The van der Waals surface area contributed by atoms with Crippen LogP contribution in [0, 0.1) is 11.3 Å². The highest BCUT2D eigenvalue weighted by Gasteiger charge is 2.13. The molecule has 104 valence electrons. The first-order chi connectivity index (χ1) is 8.94. The van der Waals surface area contributed by atoms with E-state index in [9.17, 15) is 13.5 Å². The highest BCUT2D eigenvalue weighted by atomic mass is 35.5. The normalized spacial score (nSPS) is 12.9. The van der Waals surface area contributed by atoms with E-state index in [1.165, 1.54) is 0 Å². The molecule has 0 saturated heterocycles. The van der Waals surface area contributed by atoms with Crippen LogP contribution in [0.2, 0.25) is 5.02 Å². The number of benzene rings is 1. The van der Waals surface area contributed by atoms with Gasteiger partial charge in [0, 0.05) is 18.0 Å². The van der Waals surface area contributed by atoms with Crippen LogP contribution in [0.5, 0.6) is 0 Å². The molecule has 0 fully saturated rings. The standard InChI is InChI=1S/C12H15ClN2O3S/c13-11-5-3-10(4-6-11)12(16)9-15-19(17,18)8-2-1-7-14/h3-6,12,15-16H,1-2,8-9H2. The lowest BCUT2D eigenvalue weighted by atomic mass is 10.1. The molecule has 1 unspecified atom stereocenters. The van der Waals surface area contributed by atoms with E-state index in [2.05, 4.69) is 4.72 Å². The number of rotatable bonds is 7. The minimum atomic E-state index is -3.45. The Morgan fingerprint density at radius 3 is 2.58 bits per heavy atom. The Morgan fingerprint density at radius 2 is 2.00 bits per heavy atom. The molecular formula is C12H15ClN2O3S. The smallest absolute Gasteiger partial charge is 0.211 e. The molecular weight excluding hydrogens is 288 g/mol. The Kier molecular flexibility index (Phi) is 6.25. The van der Waals surface area contributed by atoms with Gasteiger partial charge in [-0.25, -0.2) is 13.1 Å². The summed E-state index contributed by atoms with van der Waals surface area (Å²) in [5.74, 6) is -0.117. The van der Waals surface area contributed by atoms with E-state index in [-0.39, 0.29) is 25.1 Å². The van der Waals surface area contributed by atoms with E-state index in [1.807, 2.05) is 6.07 Å². The first-order valence-corrected chi connectivity index (χ1v) is 7.75. The molecule has 5 nitrogen and oxygen atoms in total. The van der Waals surface area contributed by atoms with E-state index >= 15 is 0 Å². The van der Waals surface area contributed by atoms with Crippen LogP contribution in [0.1, 0.15) is 24.5 Å². The molecule has 0 aliphatic carbocycles. The van der Waals surface area contributed by atoms with Gasteiger partial charge < -0.3 is 5.11 Å². The fraction of sp³-hybridized carbons (Fsp3) is 0.417. The van der Waals surface area contributed by atoms with Gasteiger partial charge in [0.25, 0.3) is 0 Å². The number of aliphatic hydroxyl groups excluding tert-OH is 1. The van der Waals surface area contributed by atoms with Crippen molar-refractivity contribution in [3.63, 3.8) is 0 Å². The average molecular weight is 303 g/mol. The van der Waals surface area contributed by atoms with Crippen molar-refractivity contribution in [1.82, 2.24) is 4.72 Å². The van der Waals surface area contributed by atoms with Crippen LogP contribution >= 0.6 is 11.6 Å². The maximum Gasteiger partial charge on any atom is 0.211 e. The van der Waals surface area contributed by atoms with Gasteiger partial charge in [-0.05, 0) is 24.1 Å². The highest BCUT2D eigenvalue weighted by molar-refractivity contribution is 7.89. The summed E-state index contributed by atoms with van der Waals surface area (Å²) in [4.78, 5) is 0. The second-order valence-electron chi connectivity index (χ2n) is 4.00. The topological polar surface area (TPSA) is 90.2 Å². The van der Waals surface area contributed by atoms with E-state index in [0.717, 1.165) is 0 Å². The van der Waals surface area contributed by atoms with Crippen LogP contribution < -0.4 is 4.72 Å². The van der Waals surface area contributed by atoms with Gasteiger partial charge in [-0.15, -0.1) is 0 Å². The quantitative estimate of drug-likeness (QED) is 0.749. The minimum absolute atomic E-state index is 0.101. The molecule has 1 aromatic carbocycles. The summed E-state index contributed by atoms with van der Waals surface area (Å²) >= 11 is 5.72. The number of halogens is 1. The molecule has 2 N–H and O–H groups in total. The van der Waals surface area contributed by atoms with E-state index < -0.39 is 16.1 Å². The maximum absolute atomic E-state index is 11.5. The van der Waals surface area contributed by atoms with E-state index in [0.29, 0.717) is 10.6 Å². The Morgan fingerprint density at radius 1 is 1.37 bits per heavy atom. The van der Waals surface area contributed by atoms with Crippen molar-refractivity contribution in [3.05, 3.63) is 34.9 Å². The number of sulfonamides is 1. The highest BCUT2D eigenvalue weighted by Crippen LogP contribution is 2.15. The summed E-state index contributed by atoms with van der Waals surface area (Å²) in [6.07, 6.45) is -0.452. The lowest BCUT2D eigenvalue weighted by Gasteiger charge is -2.12. The van der Waals surface area contributed by atoms with Crippen LogP contribution in [-0.2, 0) is 10.0 Å². The predicted octanol–water partition coefficient (Wildman–Crippen LogP) is 1.60. The molecule has 7 heteroatoms. The molecule has 1 atom stereocenters. The molecule has 0 aromatic heterocycles. The van der Waals surface area contributed by atoms with Crippen molar-refractivity contribution in [3.8, 4) is 6.07 Å². The fourth-order valence-corrected chi connectivity index (χ4v) is 2.63. The fourth-order valence-electron chi connectivity index (χ4n) is 1.42. The van der Waals surface area contributed by atoms with Gasteiger partial charge in [-0.1, -0.05) is 23.7 Å². The average Bonchev–Trinajstić information content (AvgIpc) is 2.37. The molecule has 0 radical (unpaired) electrons. The lowest BCUT2D eigenvalue weighted by Crippen LogP contribution is -2.30. The maximum atomic E-state index is 11.5. The predicted molar refractivity (Wildman–Crippen MR) is 73.0 cm³/mol. The lowest BCUT2D eigenvalue weighted by molar-refractivity contribution is 0.182. The van der Waals surface area contributed by atoms with Crippen LogP contribution in [0.25, 0.3) is 0 Å². The zero-order valence-electron chi connectivity index (χ0n) is 10.2. The van der Waals surface area contributed by atoms with Crippen LogP contribution in [0.4, 0.5) is 0 Å². The van der Waals surface area contributed by atoms with Crippen molar-refractivity contribution in [1.29, 1.82) is 5.26 Å². The summed E-state index contributed by atoms with van der Waals surface area (Å²) in [6, 6.07) is 8.41. The summed E-state index contributed by atoms with van der Waals surface area (Å²) in [5, 5.41) is 18.7. The second-order valence-corrected chi connectivity index (χ2v) is 6.36. The summed E-state index contributed by atoms with van der Waals surface area (Å²) < 4.78 is 25.4. The molecule has 1 aromatic rings. The van der Waals surface area contributed by atoms with Gasteiger partial charge in [0.2, 0.25) is 10.0 Å².